The van der Waals surface area contributed by atoms with Gasteiger partial charge in [-0.1, -0.05) is 18.2 Å². The van der Waals surface area contributed by atoms with Gasteiger partial charge in [0.05, 0.1) is 11.4 Å². The Bertz CT molecular complexity index is 645. The fourth-order valence-electron chi connectivity index (χ4n) is 5.13. The molecule has 1 aromatic carbocycles. The number of alkyl halides is 1. The first kappa shape index (κ1) is 12.7. The van der Waals surface area contributed by atoms with Gasteiger partial charge in [-0.05, 0) is 37.5 Å². The number of rotatable bonds is 3. The summed E-state index contributed by atoms with van der Waals surface area (Å²) in [5.74, 6) is 0.246. The number of carbonyl (C=O) groups is 1. The van der Waals surface area contributed by atoms with Crippen LogP contribution in [0.3, 0.4) is 0 Å². The highest BCUT2D eigenvalue weighted by Gasteiger charge is 2.94. The molecule has 4 heteroatoms. The Balaban J connectivity index is 1.79. The Morgan fingerprint density at radius 1 is 1.45 bits per heavy atom. The fraction of sp³-hybridized carbons (Fsp3) is 0.562. The Morgan fingerprint density at radius 2 is 2.20 bits per heavy atom. The molecule has 2 saturated heterocycles. The van der Waals surface area contributed by atoms with Crippen LogP contribution in [0.4, 0.5) is 0 Å². The van der Waals surface area contributed by atoms with Crippen LogP contribution in [0.5, 0.6) is 0 Å². The zero-order valence-corrected chi connectivity index (χ0v) is 12.8. The Hall–Kier alpha value is -1.06. The van der Waals surface area contributed by atoms with E-state index in [-0.39, 0.29) is 17.0 Å². The molecule has 0 amide bonds. The van der Waals surface area contributed by atoms with Crippen LogP contribution in [0.1, 0.15) is 37.0 Å². The van der Waals surface area contributed by atoms with Gasteiger partial charge in [-0.15, -0.1) is 11.6 Å². The first-order valence-electron chi connectivity index (χ1n) is 7.09. The van der Waals surface area contributed by atoms with Crippen molar-refractivity contribution < 1.29 is 9.53 Å². The van der Waals surface area contributed by atoms with Gasteiger partial charge in [0.15, 0.2) is 0 Å². The van der Waals surface area contributed by atoms with E-state index in [4.69, 9.17) is 16.3 Å². The number of esters is 1. The molecule has 3 heterocycles. The summed E-state index contributed by atoms with van der Waals surface area (Å²) < 4.78 is 5.34. The lowest BCUT2D eigenvalue weighted by molar-refractivity contribution is -0.155. The SMILES string of the molecule is Cc1cccc2c1C1(C)CC3(C(=O)OCCCl)N1[C@]23C. The summed E-state index contributed by atoms with van der Waals surface area (Å²) in [5.41, 5.74) is 3.40. The minimum Gasteiger partial charge on any atom is -0.463 e. The lowest BCUT2D eigenvalue weighted by atomic mass is 9.65. The van der Waals surface area contributed by atoms with Crippen LogP contribution in [0.2, 0.25) is 0 Å². The molecule has 0 radical (unpaired) electrons. The molecule has 4 rings (SSSR count). The molecule has 0 aliphatic carbocycles. The third-order valence-electron chi connectivity index (χ3n) is 5.66. The van der Waals surface area contributed by atoms with Crippen molar-refractivity contribution in [2.24, 2.45) is 0 Å². The third kappa shape index (κ3) is 0.990. The van der Waals surface area contributed by atoms with Crippen molar-refractivity contribution in [1.82, 2.24) is 4.90 Å². The highest BCUT2D eigenvalue weighted by molar-refractivity contribution is 6.18. The maximum atomic E-state index is 12.5. The van der Waals surface area contributed by atoms with Gasteiger partial charge in [0.1, 0.15) is 12.1 Å². The van der Waals surface area contributed by atoms with Crippen molar-refractivity contribution in [2.45, 2.75) is 43.8 Å². The third-order valence-corrected chi connectivity index (χ3v) is 5.82. The van der Waals surface area contributed by atoms with Gasteiger partial charge in [-0.3, -0.25) is 4.90 Å². The van der Waals surface area contributed by atoms with Crippen LogP contribution < -0.4 is 0 Å². The van der Waals surface area contributed by atoms with Crippen LogP contribution in [-0.4, -0.2) is 28.9 Å². The lowest BCUT2D eigenvalue weighted by Crippen LogP contribution is -2.56. The molecule has 4 atom stereocenters. The molecule has 20 heavy (non-hydrogen) atoms. The van der Waals surface area contributed by atoms with E-state index in [1.54, 1.807) is 0 Å². The largest absolute Gasteiger partial charge is 0.463 e. The van der Waals surface area contributed by atoms with Gasteiger partial charge in [0.25, 0.3) is 0 Å². The standard InChI is InChI=1S/C16H18ClNO2/c1-10-5-4-6-11-12(10)14(2)9-16(13(19)20-8-7-17)15(11,3)18(14)16/h4-6H,7-9H2,1-3H3/t14?,15-,16?,18?/m1/s1. The highest BCUT2D eigenvalue weighted by Crippen LogP contribution is 2.82. The van der Waals surface area contributed by atoms with Crippen LogP contribution in [0.25, 0.3) is 0 Å². The Labute approximate surface area is 123 Å². The average Bonchev–Trinajstić information content (AvgIpc) is 2.82. The van der Waals surface area contributed by atoms with E-state index in [9.17, 15) is 4.79 Å². The summed E-state index contributed by atoms with van der Waals surface area (Å²) in [4.78, 5) is 14.8. The summed E-state index contributed by atoms with van der Waals surface area (Å²) in [6, 6.07) is 6.41. The van der Waals surface area contributed by atoms with Crippen LogP contribution in [0, 0.1) is 6.92 Å². The fourth-order valence-corrected chi connectivity index (χ4v) is 5.20. The molecule has 3 nitrogen and oxygen atoms in total. The average molecular weight is 292 g/mol. The van der Waals surface area contributed by atoms with Gasteiger partial charge in [-0.25, -0.2) is 4.79 Å². The number of hydrogen-bond donors (Lipinski definition) is 0. The van der Waals surface area contributed by atoms with E-state index >= 15 is 0 Å². The second-order valence-corrected chi connectivity index (χ2v) is 6.92. The van der Waals surface area contributed by atoms with Crippen molar-refractivity contribution in [3.05, 3.63) is 34.9 Å². The molecule has 0 spiro atoms. The Morgan fingerprint density at radius 3 is 2.90 bits per heavy atom. The normalized spacial score (nSPS) is 42.5. The number of benzene rings is 1. The Kier molecular flexibility index (Phi) is 2.15. The van der Waals surface area contributed by atoms with Gasteiger partial charge < -0.3 is 4.74 Å². The van der Waals surface area contributed by atoms with Crippen molar-refractivity contribution in [3.8, 4) is 0 Å². The van der Waals surface area contributed by atoms with Crippen molar-refractivity contribution in [3.63, 3.8) is 0 Å². The molecule has 0 aromatic heterocycles. The minimum absolute atomic E-state index is 0.00455. The van der Waals surface area contributed by atoms with Gasteiger partial charge >= 0.3 is 5.97 Å². The second kappa shape index (κ2) is 3.40. The number of ether oxygens (including phenoxy) is 1. The van der Waals surface area contributed by atoms with Gasteiger partial charge in [0, 0.05) is 12.0 Å². The maximum Gasteiger partial charge on any atom is 0.329 e. The molecule has 0 saturated carbocycles. The number of hydrogen-bond acceptors (Lipinski definition) is 3. The first-order chi connectivity index (χ1) is 9.44. The zero-order chi connectivity index (χ0) is 14.3. The van der Waals surface area contributed by atoms with Crippen LogP contribution in [0.15, 0.2) is 18.2 Å². The van der Waals surface area contributed by atoms with E-state index < -0.39 is 5.54 Å². The number of nitrogens with zero attached hydrogens (tertiary/aromatic N) is 1. The predicted octanol–water partition coefficient (Wildman–Crippen LogP) is 2.68. The monoisotopic (exact) mass is 291 g/mol. The van der Waals surface area contributed by atoms with Gasteiger partial charge in [0.2, 0.25) is 0 Å². The molecule has 0 bridgehead atoms. The van der Waals surface area contributed by atoms with E-state index in [1.807, 2.05) is 0 Å². The summed E-state index contributed by atoms with van der Waals surface area (Å²) in [6.45, 7) is 6.87. The smallest absolute Gasteiger partial charge is 0.329 e. The van der Waals surface area contributed by atoms with Crippen molar-refractivity contribution >= 4 is 17.6 Å². The molecule has 3 unspecified atom stereocenters. The number of carbonyl (C=O) groups excluding carboxylic acids is 1. The van der Waals surface area contributed by atoms with Crippen molar-refractivity contribution in [2.75, 3.05) is 12.5 Å². The van der Waals surface area contributed by atoms with Gasteiger partial charge in [-0.2, -0.15) is 0 Å². The van der Waals surface area contributed by atoms with E-state index in [2.05, 4.69) is 43.9 Å². The van der Waals surface area contributed by atoms with Crippen molar-refractivity contribution in [1.29, 1.82) is 0 Å². The van der Waals surface area contributed by atoms with Crippen LogP contribution in [-0.2, 0) is 20.6 Å². The molecule has 3 aliphatic rings. The lowest BCUT2D eigenvalue weighted by Gasteiger charge is -2.46. The molecular formula is C16H18ClNO2. The van der Waals surface area contributed by atoms with E-state index in [1.165, 1.54) is 16.7 Å². The second-order valence-electron chi connectivity index (χ2n) is 6.54. The molecule has 3 aliphatic heterocycles. The van der Waals surface area contributed by atoms with E-state index in [0.717, 1.165) is 6.42 Å². The number of aryl methyl sites for hydroxylation is 1. The topological polar surface area (TPSA) is 29.3 Å². The molecule has 0 N–H and O–H groups in total. The minimum atomic E-state index is -0.436. The maximum absolute atomic E-state index is 12.5. The quantitative estimate of drug-likeness (QED) is 0.487. The highest BCUT2D eigenvalue weighted by atomic mass is 35.5. The summed E-state index contributed by atoms with van der Waals surface area (Å²) in [5, 5.41) is 0. The van der Waals surface area contributed by atoms with E-state index in [0.29, 0.717) is 12.5 Å². The molecule has 2 fully saturated rings. The first-order valence-corrected chi connectivity index (χ1v) is 7.62. The summed E-state index contributed by atoms with van der Waals surface area (Å²) in [6.07, 6.45) is 0.857. The summed E-state index contributed by atoms with van der Waals surface area (Å²) >= 11 is 5.62. The zero-order valence-electron chi connectivity index (χ0n) is 12.0. The number of halogens is 1. The molecule has 1 aromatic rings. The summed E-state index contributed by atoms with van der Waals surface area (Å²) in [7, 11) is 0. The van der Waals surface area contributed by atoms with Crippen LogP contribution >= 0.6 is 11.6 Å². The number of fused-ring (bicyclic) bond motifs is 4. The predicted molar refractivity (Wildman–Crippen MR) is 76.7 cm³/mol. The molecular weight excluding hydrogens is 274 g/mol. The molecule has 106 valence electrons.